The first-order valence-electron chi connectivity index (χ1n) is 6.05. The van der Waals surface area contributed by atoms with Crippen LogP contribution in [-0.4, -0.2) is 14.1 Å². The number of benzene rings is 2. The van der Waals surface area contributed by atoms with Gasteiger partial charge in [0.05, 0.1) is 0 Å². The highest BCUT2D eigenvalue weighted by molar-refractivity contribution is 7.96. The molecule has 2 rings (SSSR count). The van der Waals surface area contributed by atoms with Crippen molar-refractivity contribution < 1.29 is 0 Å². The van der Waals surface area contributed by atoms with Gasteiger partial charge < -0.3 is 4.90 Å². The molecule has 0 saturated heterocycles. The Balaban J connectivity index is 2.35. The summed E-state index contributed by atoms with van der Waals surface area (Å²) in [6, 6.07) is 18.4. The number of hydrogen-bond donors (Lipinski definition) is 2. The van der Waals surface area contributed by atoms with Crippen LogP contribution >= 0.6 is 25.3 Å². The lowest BCUT2D eigenvalue weighted by Crippen LogP contribution is -2.08. The highest BCUT2D eigenvalue weighted by atomic mass is 32.1. The maximum absolute atomic E-state index is 4.60. The van der Waals surface area contributed by atoms with E-state index >= 15 is 0 Å². The van der Waals surface area contributed by atoms with Gasteiger partial charge >= 0.3 is 0 Å². The fourth-order valence-electron chi connectivity index (χ4n) is 1.79. The van der Waals surface area contributed by atoms with Crippen molar-refractivity contribution in [2.24, 2.45) is 0 Å². The Labute approximate surface area is 125 Å². The minimum absolute atomic E-state index is 0.889. The van der Waals surface area contributed by atoms with Gasteiger partial charge in [-0.05, 0) is 23.3 Å². The summed E-state index contributed by atoms with van der Waals surface area (Å²) in [5.41, 5.74) is 3.32. The summed E-state index contributed by atoms with van der Waals surface area (Å²) < 4.78 is 0. The molecule has 0 fully saturated rings. The van der Waals surface area contributed by atoms with E-state index in [9.17, 15) is 0 Å². The topological polar surface area (TPSA) is 3.24 Å². The van der Waals surface area contributed by atoms with Crippen LogP contribution in [0.25, 0.3) is 9.81 Å². The summed E-state index contributed by atoms with van der Waals surface area (Å²) in [7, 11) is 4.06. The molecule has 0 aliphatic carbocycles. The highest BCUT2D eigenvalue weighted by Crippen LogP contribution is 2.32. The number of hydrogen-bond acceptors (Lipinski definition) is 3. The lowest BCUT2D eigenvalue weighted by molar-refractivity contribution is 1.13. The van der Waals surface area contributed by atoms with E-state index in [-0.39, 0.29) is 0 Å². The average molecular weight is 287 g/mol. The van der Waals surface area contributed by atoms with Crippen LogP contribution in [0.15, 0.2) is 54.6 Å². The molecule has 2 aromatic rings. The Morgan fingerprint density at radius 1 is 0.737 bits per heavy atom. The molecule has 0 amide bonds. The molecular weight excluding hydrogens is 270 g/mol. The molecule has 0 aliphatic heterocycles. The molecular formula is C16H17NS2. The lowest BCUT2D eigenvalue weighted by atomic mass is 10.1. The third-order valence-corrected chi connectivity index (χ3v) is 4.07. The van der Waals surface area contributed by atoms with Gasteiger partial charge in [0.2, 0.25) is 0 Å². The predicted octanol–water partition coefficient (Wildman–Crippen LogP) is 4.44. The van der Waals surface area contributed by atoms with Crippen molar-refractivity contribution >= 4 is 40.8 Å². The summed E-state index contributed by atoms with van der Waals surface area (Å²) in [5.74, 6) is 0. The largest absolute Gasteiger partial charge is 0.378 e. The maximum atomic E-state index is 4.60. The Bertz CT molecular complexity index is 571. The zero-order chi connectivity index (χ0) is 13.8. The van der Waals surface area contributed by atoms with Crippen molar-refractivity contribution in [2.75, 3.05) is 19.0 Å². The highest BCUT2D eigenvalue weighted by Gasteiger charge is 2.05. The van der Waals surface area contributed by atoms with Gasteiger partial charge in [-0.1, -0.05) is 42.5 Å². The Morgan fingerprint density at radius 2 is 1.21 bits per heavy atom. The van der Waals surface area contributed by atoms with E-state index in [1.165, 1.54) is 5.69 Å². The molecule has 0 N–H and O–H groups in total. The van der Waals surface area contributed by atoms with E-state index in [1.54, 1.807) is 0 Å². The third-order valence-electron chi connectivity index (χ3n) is 2.93. The van der Waals surface area contributed by atoms with Crippen molar-refractivity contribution in [3.8, 4) is 0 Å². The molecule has 0 saturated carbocycles. The van der Waals surface area contributed by atoms with Crippen molar-refractivity contribution in [2.45, 2.75) is 0 Å². The van der Waals surface area contributed by atoms with E-state index < -0.39 is 0 Å². The Morgan fingerprint density at radius 3 is 1.68 bits per heavy atom. The van der Waals surface area contributed by atoms with Gasteiger partial charge in [0.25, 0.3) is 0 Å². The molecule has 0 heterocycles. The van der Waals surface area contributed by atoms with Gasteiger partial charge in [0, 0.05) is 29.6 Å². The first kappa shape index (κ1) is 14.1. The number of rotatable bonds is 3. The van der Waals surface area contributed by atoms with E-state index in [0.717, 1.165) is 20.9 Å². The van der Waals surface area contributed by atoms with Crippen LogP contribution in [0.3, 0.4) is 0 Å². The van der Waals surface area contributed by atoms with Crippen LogP contribution in [0.1, 0.15) is 11.1 Å². The second-order valence-electron chi connectivity index (χ2n) is 4.50. The second kappa shape index (κ2) is 6.22. The van der Waals surface area contributed by atoms with Gasteiger partial charge in [0.15, 0.2) is 0 Å². The zero-order valence-corrected chi connectivity index (χ0v) is 12.8. The molecule has 1 nitrogen and oxygen atoms in total. The number of nitrogens with zero attached hydrogens (tertiary/aromatic N) is 1. The van der Waals surface area contributed by atoms with Crippen LogP contribution in [0.5, 0.6) is 0 Å². The van der Waals surface area contributed by atoms with Crippen molar-refractivity contribution in [3.63, 3.8) is 0 Å². The molecule has 0 aromatic heterocycles. The molecule has 0 radical (unpaired) electrons. The minimum Gasteiger partial charge on any atom is -0.378 e. The van der Waals surface area contributed by atoms with Crippen molar-refractivity contribution in [1.29, 1.82) is 0 Å². The molecule has 0 bridgehead atoms. The summed E-state index contributed by atoms with van der Waals surface area (Å²) in [4.78, 5) is 3.85. The van der Waals surface area contributed by atoms with Crippen LogP contribution in [0.2, 0.25) is 0 Å². The van der Waals surface area contributed by atoms with Crippen LogP contribution in [-0.2, 0) is 0 Å². The van der Waals surface area contributed by atoms with Gasteiger partial charge in [-0.3, -0.25) is 0 Å². The molecule has 3 heteroatoms. The van der Waals surface area contributed by atoms with E-state index in [4.69, 9.17) is 0 Å². The van der Waals surface area contributed by atoms with Crippen molar-refractivity contribution in [1.82, 2.24) is 0 Å². The third kappa shape index (κ3) is 3.37. The zero-order valence-electron chi connectivity index (χ0n) is 11.0. The summed E-state index contributed by atoms with van der Waals surface area (Å²) >= 11 is 9.19. The van der Waals surface area contributed by atoms with Crippen molar-refractivity contribution in [3.05, 3.63) is 65.7 Å². The first-order valence-corrected chi connectivity index (χ1v) is 6.94. The lowest BCUT2D eigenvalue weighted by Gasteiger charge is -2.13. The molecule has 0 atom stereocenters. The smallest absolute Gasteiger partial charge is 0.0361 e. The molecule has 0 unspecified atom stereocenters. The predicted molar refractivity (Wildman–Crippen MR) is 92.0 cm³/mol. The molecule has 0 aliphatic rings. The normalized spacial score (nSPS) is 12.0. The van der Waals surface area contributed by atoms with Crippen LogP contribution in [0, 0.1) is 0 Å². The van der Waals surface area contributed by atoms with E-state index in [0.29, 0.717) is 0 Å². The van der Waals surface area contributed by atoms with Gasteiger partial charge in [-0.2, -0.15) is 0 Å². The van der Waals surface area contributed by atoms with Gasteiger partial charge in [-0.15, -0.1) is 25.3 Å². The molecule has 98 valence electrons. The Kier molecular flexibility index (Phi) is 4.61. The first-order chi connectivity index (χ1) is 9.09. The molecule has 2 aromatic carbocycles. The second-order valence-corrected chi connectivity index (χ2v) is 5.40. The van der Waals surface area contributed by atoms with E-state index in [2.05, 4.69) is 54.4 Å². The summed E-state index contributed by atoms with van der Waals surface area (Å²) in [6.07, 6.45) is 0. The quantitative estimate of drug-likeness (QED) is 0.623. The Hall–Kier alpha value is -1.32. The van der Waals surface area contributed by atoms with Crippen LogP contribution < -0.4 is 4.90 Å². The van der Waals surface area contributed by atoms with Gasteiger partial charge in [-0.25, -0.2) is 0 Å². The van der Waals surface area contributed by atoms with Crippen LogP contribution in [0.4, 0.5) is 5.69 Å². The molecule has 19 heavy (non-hydrogen) atoms. The number of thiol groups is 2. The maximum Gasteiger partial charge on any atom is 0.0361 e. The van der Waals surface area contributed by atoms with Gasteiger partial charge in [0.1, 0.15) is 0 Å². The summed E-state index contributed by atoms with van der Waals surface area (Å²) in [5, 5.41) is 0. The van der Waals surface area contributed by atoms with E-state index in [1.807, 2.05) is 44.4 Å². The number of anilines is 1. The monoisotopic (exact) mass is 287 g/mol. The standard InChI is InChI=1S/C16H17NS2/c1-17(2)14-10-8-13(9-11-14)16(19)15(18)12-6-4-3-5-7-12/h3-11,18-19H,1-2H3/b16-15+. The summed E-state index contributed by atoms with van der Waals surface area (Å²) in [6.45, 7) is 0. The average Bonchev–Trinajstić information content (AvgIpc) is 2.46. The minimum atomic E-state index is 0.889. The fraction of sp³-hybridized carbons (Fsp3) is 0.125. The SMILES string of the molecule is CN(C)c1ccc(/C(S)=C(\S)c2ccccc2)cc1. The fourth-order valence-corrected chi connectivity index (χ4v) is 2.34. The molecule has 0 spiro atoms.